The van der Waals surface area contributed by atoms with E-state index in [1.165, 1.54) is 0 Å². The standard InChI is InChI=1S/C14H19N3O3/c1-4-5-9-15-14-16-13(17-20-14)10-7-6-8-11(18-2)12(10)19-3/h6-8H,4-5,9H2,1-3H3,(H,15,16,17). The summed E-state index contributed by atoms with van der Waals surface area (Å²) in [5.74, 6) is 1.70. The molecule has 1 aromatic heterocycles. The number of aromatic nitrogens is 2. The largest absolute Gasteiger partial charge is 0.493 e. The Labute approximate surface area is 118 Å². The van der Waals surface area contributed by atoms with Crippen molar-refractivity contribution in [2.75, 3.05) is 26.1 Å². The molecule has 0 spiro atoms. The molecule has 20 heavy (non-hydrogen) atoms. The highest BCUT2D eigenvalue weighted by Gasteiger charge is 2.16. The van der Waals surface area contributed by atoms with Gasteiger partial charge in [-0.05, 0) is 18.6 Å². The van der Waals surface area contributed by atoms with Gasteiger partial charge >= 0.3 is 6.01 Å². The van der Waals surface area contributed by atoms with Gasteiger partial charge in [-0.25, -0.2) is 0 Å². The lowest BCUT2D eigenvalue weighted by atomic mass is 10.2. The number of para-hydroxylation sites is 1. The summed E-state index contributed by atoms with van der Waals surface area (Å²) in [6.07, 6.45) is 2.16. The molecule has 2 rings (SSSR count). The van der Waals surface area contributed by atoms with Gasteiger partial charge in [-0.15, -0.1) is 0 Å². The summed E-state index contributed by atoms with van der Waals surface area (Å²) in [5, 5.41) is 7.05. The molecule has 1 heterocycles. The summed E-state index contributed by atoms with van der Waals surface area (Å²) in [4.78, 5) is 4.31. The Kier molecular flexibility index (Phi) is 4.81. The number of rotatable bonds is 7. The van der Waals surface area contributed by atoms with Gasteiger partial charge in [0.15, 0.2) is 11.5 Å². The van der Waals surface area contributed by atoms with Gasteiger partial charge in [-0.3, -0.25) is 0 Å². The molecule has 0 amide bonds. The van der Waals surface area contributed by atoms with E-state index in [0.29, 0.717) is 23.3 Å². The van der Waals surface area contributed by atoms with Gasteiger partial charge in [0, 0.05) is 6.54 Å². The number of ether oxygens (including phenoxy) is 2. The number of hydrogen-bond acceptors (Lipinski definition) is 6. The predicted octanol–water partition coefficient (Wildman–Crippen LogP) is 2.97. The molecule has 0 aliphatic rings. The van der Waals surface area contributed by atoms with Crippen molar-refractivity contribution in [3.05, 3.63) is 18.2 Å². The summed E-state index contributed by atoms with van der Waals surface area (Å²) < 4.78 is 15.8. The van der Waals surface area contributed by atoms with Gasteiger partial charge in [-0.2, -0.15) is 4.98 Å². The number of benzene rings is 1. The van der Waals surface area contributed by atoms with E-state index < -0.39 is 0 Å². The molecule has 108 valence electrons. The van der Waals surface area contributed by atoms with Crippen LogP contribution in [0.3, 0.4) is 0 Å². The number of hydrogen-bond donors (Lipinski definition) is 1. The van der Waals surface area contributed by atoms with Crippen LogP contribution in [0.25, 0.3) is 11.4 Å². The molecule has 0 aliphatic carbocycles. The minimum atomic E-state index is 0.415. The number of methoxy groups -OCH3 is 2. The lowest BCUT2D eigenvalue weighted by Gasteiger charge is -2.09. The first kappa shape index (κ1) is 14.2. The fraction of sp³-hybridized carbons (Fsp3) is 0.429. The zero-order valence-electron chi connectivity index (χ0n) is 12.0. The lowest BCUT2D eigenvalue weighted by molar-refractivity contribution is 0.355. The van der Waals surface area contributed by atoms with Crippen LogP contribution in [0, 0.1) is 0 Å². The van der Waals surface area contributed by atoms with Crippen molar-refractivity contribution >= 4 is 6.01 Å². The van der Waals surface area contributed by atoms with Gasteiger partial charge < -0.3 is 19.3 Å². The SMILES string of the molecule is CCCCNc1nc(-c2cccc(OC)c2OC)no1. The molecule has 0 aliphatic heterocycles. The third kappa shape index (κ3) is 3.01. The van der Waals surface area contributed by atoms with E-state index in [2.05, 4.69) is 22.4 Å². The Morgan fingerprint density at radius 3 is 2.80 bits per heavy atom. The van der Waals surface area contributed by atoms with E-state index >= 15 is 0 Å². The van der Waals surface area contributed by atoms with E-state index in [9.17, 15) is 0 Å². The van der Waals surface area contributed by atoms with Crippen molar-refractivity contribution in [1.29, 1.82) is 0 Å². The molecule has 6 nitrogen and oxygen atoms in total. The Morgan fingerprint density at radius 1 is 1.25 bits per heavy atom. The van der Waals surface area contributed by atoms with Crippen LogP contribution in [-0.2, 0) is 0 Å². The van der Waals surface area contributed by atoms with E-state index in [0.717, 1.165) is 24.9 Å². The highest BCUT2D eigenvalue weighted by molar-refractivity contribution is 5.68. The molecule has 1 N–H and O–H groups in total. The van der Waals surface area contributed by atoms with Crippen LogP contribution in [0.5, 0.6) is 11.5 Å². The maximum atomic E-state index is 5.36. The van der Waals surface area contributed by atoms with Gasteiger partial charge in [0.1, 0.15) is 0 Å². The second-order valence-corrected chi connectivity index (χ2v) is 4.24. The molecule has 0 bridgehead atoms. The molecule has 0 radical (unpaired) electrons. The molecule has 0 saturated carbocycles. The minimum Gasteiger partial charge on any atom is -0.493 e. The van der Waals surface area contributed by atoms with Gasteiger partial charge in [-0.1, -0.05) is 24.6 Å². The van der Waals surface area contributed by atoms with E-state index in [-0.39, 0.29) is 0 Å². The third-order valence-corrected chi connectivity index (χ3v) is 2.88. The third-order valence-electron chi connectivity index (χ3n) is 2.88. The molecule has 0 atom stereocenters. The lowest BCUT2D eigenvalue weighted by Crippen LogP contribution is -2.00. The predicted molar refractivity (Wildman–Crippen MR) is 76.2 cm³/mol. The van der Waals surface area contributed by atoms with Crippen LogP contribution in [0.15, 0.2) is 22.7 Å². The number of unbranched alkanes of at least 4 members (excludes halogenated alkanes) is 1. The van der Waals surface area contributed by atoms with Crippen LogP contribution < -0.4 is 14.8 Å². The molecular formula is C14H19N3O3. The van der Waals surface area contributed by atoms with Crippen LogP contribution in [-0.4, -0.2) is 30.9 Å². The first-order valence-corrected chi connectivity index (χ1v) is 6.59. The quantitative estimate of drug-likeness (QED) is 0.785. The summed E-state index contributed by atoms with van der Waals surface area (Å²) in [7, 11) is 3.18. The number of anilines is 1. The molecule has 1 aromatic carbocycles. The average Bonchev–Trinajstić information content (AvgIpc) is 2.95. The Balaban J connectivity index is 2.23. The zero-order valence-corrected chi connectivity index (χ0v) is 12.0. The Morgan fingerprint density at radius 2 is 2.10 bits per heavy atom. The molecule has 0 saturated heterocycles. The average molecular weight is 277 g/mol. The summed E-state index contributed by atoms with van der Waals surface area (Å²) >= 11 is 0. The zero-order chi connectivity index (χ0) is 14.4. The summed E-state index contributed by atoms with van der Waals surface area (Å²) in [6, 6.07) is 5.96. The van der Waals surface area contributed by atoms with Crippen LogP contribution in [0.4, 0.5) is 6.01 Å². The number of nitrogens with zero attached hydrogens (tertiary/aromatic N) is 2. The molecule has 0 unspecified atom stereocenters. The Hall–Kier alpha value is -2.24. The van der Waals surface area contributed by atoms with Crippen molar-refractivity contribution in [2.45, 2.75) is 19.8 Å². The summed E-state index contributed by atoms with van der Waals surface area (Å²) in [5.41, 5.74) is 0.735. The van der Waals surface area contributed by atoms with Crippen molar-refractivity contribution in [2.24, 2.45) is 0 Å². The molecular weight excluding hydrogens is 258 g/mol. The topological polar surface area (TPSA) is 69.4 Å². The fourth-order valence-electron chi connectivity index (χ4n) is 1.84. The van der Waals surface area contributed by atoms with Gasteiger partial charge in [0.2, 0.25) is 5.82 Å². The van der Waals surface area contributed by atoms with E-state index in [1.807, 2.05) is 18.2 Å². The summed E-state index contributed by atoms with van der Waals surface area (Å²) in [6.45, 7) is 2.94. The van der Waals surface area contributed by atoms with Gasteiger partial charge in [0.25, 0.3) is 0 Å². The second-order valence-electron chi connectivity index (χ2n) is 4.24. The Bertz CT molecular complexity index is 554. The van der Waals surface area contributed by atoms with Crippen LogP contribution in [0.1, 0.15) is 19.8 Å². The molecule has 6 heteroatoms. The van der Waals surface area contributed by atoms with Crippen molar-refractivity contribution in [3.63, 3.8) is 0 Å². The number of nitrogens with one attached hydrogen (secondary N) is 1. The highest BCUT2D eigenvalue weighted by atomic mass is 16.5. The molecule has 2 aromatic rings. The maximum absolute atomic E-state index is 5.36. The first-order valence-electron chi connectivity index (χ1n) is 6.59. The maximum Gasteiger partial charge on any atom is 0.321 e. The van der Waals surface area contributed by atoms with Crippen molar-refractivity contribution in [3.8, 4) is 22.9 Å². The second kappa shape index (κ2) is 6.79. The van der Waals surface area contributed by atoms with Crippen molar-refractivity contribution < 1.29 is 14.0 Å². The fourth-order valence-corrected chi connectivity index (χ4v) is 1.84. The van der Waals surface area contributed by atoms with Crippen LogP contribution in [0.2, 0.25) is 0 Å². The van der Waals surface area contributed by atoms with E-state index in [1.54, 1.807) is 14.2 Å². The highest BCUT2D eigenvalue weighted by Crippen LogP contribution is 2.36. The van der Waals surface area contributed by atoms with Crippen LogP contribution >= 0.6 is 0 Å². The van der Waals surface area contributed by atoms with E-state index in [4.69, 9.17) is 14.0 Å². The first-order chi connectivity index (χ1) is 9.80. The van der Waals surface area contributed by atoms with Crippen molar-refractivity contribution in [1.82, 2.24) is 10.1 Å². The minimum absolute atomic E-state index is 0.415. The normalized spacial score (nSPS) is 10.3. The molecule has 0 fully saturated rings. The smallest absolute Gasteiger partial charge is 0.321 e. The monoisotopic (exact) mass is 277 g/mol. The van der Waals surface area contributed by atoms with Gasteiger partial charge in [0.05, 0.1) is 19.8 Å².